The number of amides is 1. The molecule has 1 fully saturated rings. The van der Waals surface area contributed by atoms with Crippen molar-refractivity contribution in [2.24, 2.45) is 5.92 Å². The molecule has 2 rings (SSSR count). The number of rotatable bonds is 4. The Morgan fingerprint density at radius 3 is 2.78 bits per heavy atom. The van der Waals surface area contributed by atoms with Crippen molar-refractivity contribution in [3.05, 3.63) is 23.8 Å². The zero-order valence-electron chi connectivity index (χ0n) is 10.9. The lowest BCUT2D eigenvalue weighted by Crippen LogP contribution is -2.45. The zero-order valence-corrected chi connectivity index (χ0v) is 10.9. The second-order valence-corrected chi connectivity index (χ2v) is 4.84. The maximum atomic E-state index is 12.3. The van der Waals surface area contributed by atoms with Crippen LogP contribution in [0.2, 0.25) is 0 Å². The first-order valence-electron chi connectivity index (χ1n) is 6.42. The Labute approximate surface area is 108 Å². The predicted molar refractivity (Wildman–Crippen MR) is 71.8 cm³/mol. The Kier molecular flexibility index (Phi) is 3.87. The molecule has 0 unspecified atom stereocenters. The molecule has 0 saturated carbocycles. The van der Waals surface area contributed by atoms with E-state index >= 15 is 0 Å². The predicted octanol–water partition coefficient (Wildman–Crippen LogP) is 1.66. The standard InChI is InChI=1S/C14H20N2O2/c1-3-16(14(18)6-11-8-15-9-11)13-7-12(17)5-4-10(13)2/h4-5,7,11,15,17H,3,6,8-9H2,1-2H3. The maximum Gasteiger partial charge on any atom is 0.227 e. The molecule has 0 bridgehead atoms. The first kappa shape index (κ1) is 12.9. The van der Waals surface area contributed by atoms with Crippen molar-refractivity contribution in [1.82, 2.24) is 5.32 Å². The van der Waals surface area contributed by atoms with E-state index in [0.717, 1.165) is 24.3 Å². The van der Waals surface area contributed by atoms with E-state index in [1.165, 1.54) is 0 Å². The van der Waals surface area contributed by atoms with Gasteiger partial charge >= 0.3 is 0 Å². The van der Waals surface area contributed by atoms with Crippen LogP contribution in [0.3, 0.4) is 0 Å². The lowest BCUT2D eigenvalue weighted by atomic mass is 9.98. The van der Waals surface area contributed by atoms with Gasteiger partial charge in [0.1, 0.15) is 5.75 Å². The van der Waals surface area contributed by atoms with Gasteiger partial charge in [0, 0.05) is 19.0 Å². The minimum absolute atomic E-state index is 0.137. The number of anilines is 1. The average molecular weight is 248 g/mol. The van der Waals surface area contributed by atoms with Gasteiger partial charge in [0.25, 0.3) is 0 Å². The second-order valence-electron chi connectivity index (χ2n) is 4.84. The molecular weight excluding hydrogens is 228 g/mol. The average Bonchev–Trinajstić information content (AvgIpc) is 2.29. The van der Waals surface area contributed by atoms with Crippen molar-refractivity contribution in [3.63, 3.8) is 0 Å². The van der Waals surface area contributed by atoms with Gasteiger partial charge in [0.05, 0.1) is 5.69 Å². The summed E-state index contributed by atoms with van der Waals surface area (Å²) < 4.78 is 0. The molecule has 1 aromatic rings. The van der Waals surface area contributed by atoms with Gasteiger partial charge in [0.2, 0.25) is 5.91 Å². The topological polar surface area (TPSA) is 52.6 Å². The third-order valence-corrected chi connectivity index (χ3v) is 3.43. The van der Waals surface area contributed by atoms with Crippen LogP contribution < -0.4 is 10.2 Å². The van der Waals surface area contributed by atoms with Gasteiger partial charge in [-0.15, -0.1) is 0 Å². The van der Waals surface area contributed by atoms with E-state index < -0.39 is 0 Å². The molecule has 1 heterocycles. The maximum absolute atomic E-state index is 12.3. The van der Waals surface area contributed by atoms with Crippen molar-refractivity contribution in [2.45, 2.75) is 20.3 Å². The van der Waals surface area contributed by atoms with Crippen LogP contribution in [0.5, 0.6) is 5.75 Å². The highest BCUT2D eigenvalue weighted by Gasteiger charge is 2.24. The summed E-state index contributed by atoms with van der Waals surface area (Å²) >= 11 is 0. The molecule has 1 aromatic carbocycles. The number of benzene rings is 1. The molecule has 4 heteroatoms. The van der Waals surface area contributed by atoms with Gasteiger partial charge < -0.3 is 15.3 Å². The molecule has 0 atom stereocenters. The lowest BCUT2D eigenvalue weighted by Gasteiger charge is -2.30. The molecule has 1 saturated heterocycles. The number of carbonyl (C=O) groups excluding carboxylic acids is 1. The number of hydrogen-bond donors (Lipinski definition) is 2. The third kappa shape index (κ3) is 2.64. The highest BCUT2D eigenvalue weighted by Crippen LogP contribution is 2.26. The summed E-state index contributed by atoms with van der Waals surface area (Å²) in [6.45, 7) is 6.41. The highest BCUT2D eigenvalue weighted by atomic mass is 16.3. The molecule has 18 heavy (non-hydrogen) atoms. The number of phenols is 1. The fourth-order valence-electron chi connectivity index (χ4n) is 2.22. The Morgan fingerprint density at radius 1 is 1.50 bits per heavy atom. The van der Waals surface area contributed by atoms with E-state index in [4.69, 9.17) is 0 Å². The zero-order chi connectivity index (χ0) is 13.1. The molecule has 98 valence electrons. The van der Waals surface area contributed by atoms with Crippen molar-refractivity contribution >= 4 is 11.6 Å². The summed E-state index contributed by atoms with van der Waals surface area (Å²) in [5.41, 5.74) is 1.82. The molecule has 1 aliphatic rings. The highest BCUT2D eigenvalue weighted by molar-refractivity contribution is 5.94. The summed E-state index contributed by atoms with van der Waals surface area (Å²) in [5, 5.41) is 12.7. The molecule has 0 aromatic heterocycles. The van der Waals surface area contributed by atoms with Crippen molar-refractivity contribution < 1.29 is 9.90 Å². The monoisotopic (exact) mass is 248 g/mol. The third-order valence-electron chi connectivity index (χ3n) is 3.43. The molecular formula is C14H20N2O2. The van der Waals surface area contributed by atoms with E-state index in [1.807, 2.05) is 19.9 Å². The van der Waals surface area contributed by atoms with Crippen molar-refractivity contribution in [1.29, 1.82) is 0 Å². The number of hydrogen-bond acceptors (Lipinski definition) is 3. The molecule has 1 amide bonds. The number of aryl methyl sites for hydroxylation is 1. The van der Waals surface area contributed by atoms with Crippen molar-refractivity contribution in [2.75, 3.05) is 24.5 Å². The van der Waals surface area contributed by atoms with Gasteiger partial charge in [-0.05, 0) is 44.5 Å². The summed E-state index contributed by atoms with van der Waals surface area (Å²) in [6, 6.07) is 5.15. The van der Waals surface area contributed by atoms with Gasteiger partial charge in [-0.3, -0.25) is 4.79 Å². The van der Waals surface area contributed by atoms with E-state index in [9.17, 15) is 9.90 Å². The van der Waals surface area contributed by atoms with Crippen LogP contribution in [0.15, 0.2) is 18.2 Å². The Bertz CT molecular complexity index is 441. The fourth-order valence-corrected chi connectivity index (χ4v) is 2.22. The molecule has 0 spiro atoms. The minimum atomic E-state index is 0.137. The normalized spacial score (nSPS) is 15.2. The van der Waals surface area contributed by atoms with E-state index in [0.29, 0.717) is 18.9 Å². The summed E-state index contributed by atoms with van der Waals surface area (Å²) in [4.78, 5) is 14.0. The van der Waals surface area contributed by atoms with Crippen LogP contribution >= 0.6 is 0 Å². The SMILES string of the molecule is CCN(C(=O)CC1CNC1)c1cc(O)ccc1C. The van der Waals surface area contributed by atoms with E-state index in [2.05, 4.69) is 5.32 Å². The molecule has 0 aliphatic carbocycles. The Hall–Kier alpha value is -1.55. The van der Waals surface area contributed by atoms with Crippen molar-refractivity contribution in [3.8, 4) is 5.75 Å². The Morgan fingerprint density at radius 2 is 2.22 bits per heavy atom. The van der Waals surface area contributed by atoms with Crippen LogP contribution in [-0.2, 0) is 4.79 Å². The first-order valence-corrected chi connectivity index (χ1v) is 6.42. The molecule has 0 radical (unpaired) electrons. The number of carbonyl (C=O) groups is 1. The molecule has 2 N–H and O–H groups in total. The second kappa shape index (κ2) is 5.40. The molecule has 4 nitrogen and oxygen atoms in total. The summed E-state index contributed by atoms with van der Waals surface area (Å²) in [5.74, 6) is 0.800. The van der Waals surface area contributed by atoms with E-state index in [1.54, 1.807) is 17.0 Å². The van der Waals surface area contributed by atoms with Gasteiger partial charge in [-0.1, -0.05) is 6.07 Å². The van der Waals surface area contributed by atoms with Gasteiger partial charge in [0.15, 0.2) is 0 Å². The van der Waals surface area contributed by atoms with Crippen LogP contribution in [0.4, 0.5) is 5.69 Å². The Balaban J connectivity index is 2.15. The lowest BCUT2D eigenvalue weighted by molar-refractivity contribution is -0.119. The number of aromatic hydroxyl groups is 1. The number of nitrogens with one attached hydrogen (secondary N) is 1. The fraction of sp³-hybridized carbons (Fsp3) is 0.500. The van der Waals surface area contributed by atoms with Crippen LogP contribution in [0.25, 0.3) is 0 Å². The van der Waals surface area contributed by atoms with Crippen LogP contribution in [0, 0.1) is 12.8 Å². The van der Waals surface area contributed by atoms with Gasteiger partial charge in [-0.25, -0.2) is 0 Å². The van der Waals surface area contributed by atoms with Gasteiger partial charge in [-0.2, -0.15) is 0 Å². The van der Waals surface area contributed by atoms with Crippen LogP contribution in [-0.4, -0.2) is 30.6 Å². The van der Waals surface area contributed by atoms with E-state index in [-0.39, 0.29) is 11.7 Å². The number of nitrogens with zero attached hydrogens (tertiary/aromatic N) is 1. The first-order chi connectivity index (χ1) is 8.61. The largest absolute Gasteiger partial charge is 0.508 e. The smallest absolute Gasteiger partial charge is 0.227 e. The minimum Gasteiger partial charge on any atom is -0.508 e. The number of phenolic OH excluding ortho intramolecular Hbond substituents is 1. The quantitative estimate of drug-likeness (QED) is 0.852. The molecule has 1 aliphatic heterocycles. The summed E-state index contributed by atoms with van der Waals surface area (Å²) in [6.07, 6.45) is 0.579. The van der Waals surface area contributed by atoms with Crippen LogP contribution in [0.1, 0.15) is 18.9 Å². The summed E-state index contributed by atoms with van der Waals surface area (Å²) in [7, 11) is 0.